The monoisotopic (exact) mass is 240 g/mol. The van der Waals surface area contributed by atoms with Crippen molar-refractivity contribution in [2.45, 2.75) is 13.3 Å². The Bertz CT molecular complexity index is 384. The lowest BCUT2D eigenvalue weighted by Gasteiger charge is -2.27. The number of anilines is 1. The molecule has 88 valence electrons. The molecule has 0 aromatic carbocycles. The van der Waals surface area contributed by atoms with Gasteiger partial charge in [0.2, 0.25) is 5.91 Å². The molecule has 3 N–H and O–H groups in total. The molecule has 1 aromatic rings. The third-order valence-corrected chi connectivity index (χ3v) is 3.68. The predicted octanol–water partition coefficient (Wildman–Crippen LogP) is 0.00802. The number of rotatable bonds is 2. The van der Waals surface area contributed by atoms with Gasteiger partial charge >= 0.3 is 0 Å². The van der Waals surface area contributed by atoms with Gasteiger partial charge in [-0.2, -0.15) is 0 Å². The smallest absolute Gasteiger partial charge is 0.227 e. The van der Waals surface area contributed by atoms with Crippen molar-refractivity contribution in [3.8, 4) is 0 Å². The topological polar surface area (TPSA) is 71.2 Å². The molecule has 2 rings (SSSR count). The molecule has 0 aliphatic carbocycles. The van der Waals surface area contributed by atoms with E-state index in [2.05, 4.69) is 10.3 Å². The summed E-state index contributed by atoms with van der Waals surface area (Å²) in [7, 11) is 0. The van der Waals surface area contributed by atoms with Gasteiger partial charge in [0.1, 0.15) is 0 Å². The van der Waals surface area contributed by atoms with Gasteiger partial charge in [-0.05, 0) is 6.92 Å². The van der Waals surface area contributed by atoms with Gasteiger partial charge in [-0.25, -0.2) is 4.98 Å². The van der Waals surface area contributed by atoms with E-state index in [4.69, 9.17) is 5.73 Å². The Balaban J connectivity index is 1.98. The van der Waals surface area contributed by atoms with Crippen LogP contribution in [-0.4, -0.2) is 42.0 Å². The maximum Gasteiger partial charge on any atom is 0.227 e. The van der Waals surface area contributed by atoms with Crippen molar-refractivity contribution in [1.29, 1.82) is 0 Å². The Morgan fingerprint density at radius 1 is 1.56 bits per heavy atom. The van der Waals surface area contributed by atoms with Crippen LogP contribution in [0.1, 0.15) is 10.6 Å². The minimum absolute atomic E-state index is 0.174. The maximum absolute atomic E-state index is 12.0. The van der Waals surface area contributed by atoms with Crippen molar-refractivity contribution in [2.24, 2.45) is 0 Å². The van der Waals surface area contributed by atoms with Crippen molar-refractivity contribution >= 4 is 22.4 Å². The quantitative estimate of drug-likeness (QED) is 0.764. The summed E-state index contributed by atoms with van der Waals surface area (Å²) >= 11 is 1.41. The van der Waals surface area contributed by atoms with E-state index in [0.29, 0.717) is 11.6 Å². The Labute approximate surface area is 98.7 Å². The molecule has 0 saturated carbocycles. The molecule has 5 nitrogen and oxygen atoms in total. The van der Waals surface area contributed by atoms with Crippen molar-refractivity contribution in [2.75, 3.05) is 31.9 Å². The normalized spacial score (nSPS) is 16.4. The second-order valence-corrected chi connectivity index (χ2v) is 4.98. The van der Waals surface area contributed by atoms with E-state index in [-0.39, 0.29) is 5.91 Å². The number of carbonyl (C=O) groups excluding carboxylic acids is 1. The highest BCUT2D eigenvalue weighted by atomic mass is 32.1. The first-order valence-electron chi connectivity index (χ1n) is 5.37. The molecule has 0 bridgehead atoms. The first-order valence-corrected chi connectivity index (χ1v) is 6.19. The lowest BCUT2D eigenvalue weighted by atomic mass is 10.2. The fraction of sp³-hybridized carbons (Fsp3) is 0.600. The molecular formula is C10H16N4OS. The number of nitrogens with one attached hydrogen (secondary N) is 1. The van der Waals surface area contributed by atoms with Crippen molar-refractivity contribution in [1.82, 2.24) is 15.2 Å². The number of aromatic nitrogens is 1. The molecule has 1 aliphatic rings. The SMILES string of the molecule is Cc1nc(N)sc1CC(=O)N1CCNCC1. The fourth-order valence-corrected chi connectivity index (χ4v) is 2.60. The number of thiazole rings is 1. The number of nitrogens with two attached hydrogens (primary N) is 1. The van der Waals surface area contributed by atoms with Crippen LogP contribution in [-0.2, 0) is 11.2 Å². The van der Waals surface area contributed by atoms with E-state index in [1.54, 1.807) is 0 Å². The molecule has 0 spiro atoms. The zero-order valence-electron chi connectivity index (χ0n) is 9.32. The van der Waals surface area contributed by atoms with E-state index in [0.717, 1.165) is 36.8 Å². The average molecular weight is 240 g/mol. The molecule has 0 unspecified atom stereocenters. The van der Waals surface area contributed by atoms with Crippen LogP contribution in [0, 0.1) is 6.92 Å². The van der Waals surface area contributed by atoms with Crippen LogP contribution in [0.3, 0.4) is 0 Å². The number of amides is 1. The summed E-state index contributed by atoms with van der Waals surface area (Å²) in [5.41, 5.74) is 6.49. The third-order valence-electron chi connectivity index (χ3n) is 2.69. The van der Waals surface area contributed by atoms with E-state index < -0.39 is 0 Å². The third kappa shape index (κ3) is 2.51. The maximum atomic E-state index is 12.0. The Hall–Kier alpha value is -1.14. The second-order valence-electron chi connectivity index (χ2n) is 3.87. The number of nitrogen functional groups attached to an aromatic ring is 1. The molecule has 1 aromatic heterocycles. The van der Waals surface area contributed by atoms with Gasteiger partial charge in [-0.1, -0.05) is 0 Å². The lowest BCUT2D eigenvalue weighted by Crippen LogP contribution is -2.46. The highest BCUT2D eigenvalue weighted by molar-refractivity contribution is 7.15. The molecule has 2 heterocycles. The summed E-state index contributed by atoms with van der Waals surface area (Å²) in [4.78, 5) is 19.0. The summed E-state index contributed by atoms with van der Waals surface area (Å²) in [6, 6.07) is 0. The zero-order valence-corrected chi connectivity index (χ0v) is 10.1. The lowest BCUT2D eigenvalue weighted by molar-refractivity contribution is -0.130. The Kier molecular flexibility index (Phi) is 3.40. The van der Waals surface area contributed by atoms with Crippen LogP contribution < -0.4 is 11.1 Å². The number of hydrogen-bond donors (Lipinski definition) is 2. The largest absolute Gasteiger partial charge is 0.375 e. The highest BCUT2D eigenvalue weighted by Gasteiger charge is 2.18. The van der Waals surface area contributed by atoms with Gasteiger partial charge < -0.3 is 16.0 Å². The minimum Gasteiger partial charge on any atom is -0.375 e. The zero-order chi connectivity index (χ0) is 11.5. The molecule has 0 atom stereocenters. The fourth-order valence-electron chi connectivity index (χ4n) is 1.78. The van der Waals surface area contributed by atoms with Gasteiger partial charge in [-0.3, -0.25) is 4.79 Å². The van der Waals surface area contributed by atoms with Crippen molar-refractivity contribution in [3.63, 3.8) is 0 Å². The van der Waals surface area contributed by atoms with Gasteiger partial charge in [0.25, 0.3) is 0 Å². The first-order chi connectivity index (χ1) is 7.66. The van der Waals surface area contributed by atoms with E-state index in [1.807, 2.05) is 11.8 Å². The molecule has 1 amide bonds. The van der Waals surface area contributed by atoms with Crippen molar-refractivity contribution < 1.29 is 4.79 Å². The first kappa shape index (κ1) is 11.3. The number of carbonyl (C=O) groups is 1. The molecule has 6 heteroatoms. The standard InChI is InChI=1S/C10H16N4OS/c1-7-8(16-10(11)13-7)6-9(15)14-4-2-12-3-5-14/h12H,2-6H2,1H3,(H2,11,13). The number of nitrogens with zero attached hydrogens (tertiary/aromatic N) is 2. The average Bonchev–Trinajstić information content (AvgIpc) is 2.59. The van der Waals surface area contributed by atoms with Crippen LogP contribution in [0.25, 0.3) is 0 Å². The van der Waals surface area contributed by atoms with Crippen LogP contribution in [0.2, 0.25) is 0 Å². The van der Waals surface area contributed by atoms with E-state index in [9.17, 15) is 4.79 Å². The highest BCUT2D eigenvalue weighted by Crippen LogP contribution is 2.20. The van der Waals surface area contributed by atoms with Gasteiger partial charge in [0, 0.05) is 31.1 Å². The van der Waals surface area contributed by atoms with Crippen LogP contribution in [0.4, 0.5) is 5.13 Å². The molecule has 0 radical (unpaired) electrons. The predicted molar refractivity (Wildman–Crippen MR) is 64.4 cm³/mol. The van der Waals surface area contributed by atoms with Gasteiger partial charge in [-0.15, -0.1) is 11.3 Å². The second kappa shape index (κ2) is 4.80. The number of aryl methyl sites for hydroxylation is 1. The molecule has 16 heavy (non-hydrogen) atoms. The molecule has 1 aliphatic heterocycles. The minimum atomic E-state index is 0.174. The summed E-state index contributed by atoms with van der Waals surface area (Å²) < 4.78 is 0. The Morgan fingerprint density at radius 3 is 2.81 bits per heavy atom. The van der Waals surface area contributed by atoms with E-state index >= 15 is 0 Å². The molecule has 1 fully saturated rings. The summed E-state index contributed by atoms with van der Waals surface area (Å²) in [5, 5.41) is 3.77. The van der Waals surface area contributed by atoms with Crippen LogP contribution in [0.15, 0.2) is 0 Å². The van der Waals surface area contributed by atoms with E-state index in [1.165, 1.54) is 11.3 Å². The van der Waals surface area contributed by atoms with Gasteiger partial charge in [0.15, 0.2) is 5.13 Å². The van der Waals surface area contributed by atoms with Gasteiger partial charge in [0.05, 0.1) is 12.1 Å². The summed E-state index contributed by atoms with van der Waals surface area (Å²) in [6.07, 6.45) is 0.431. The molecule has 1 saturated heterocycles. The van der Waals surface area contributed by atoms with Crippen LogP contribution in [0.5, 0.6) is 0 Å². The van der Waals surface area contributed by atoms with Crippen molar-refractivity contribution in [3.05, 3.63) is 10.6 Å². The number of piperazine rings is 1. The van der Waals surface area contributed by atoms with Crippen LogP contribution >= 0.6 is 11.3 Å². The summed E-state index contributed by atoms with van der Waals surface area (Å²) in [6.45, 7) is 5.26. The summed E-state index contributed by atoms with van der Waals surface area (Å²) in [5.74, 6) is 0.174. The number of hydrogen-bond acceptors (Lipinski definition) is 5. The molecular weight excluding hydrogens is 224 g/mol. The Morgan fingerprint density at radius 2 is 2.25 bits per heavy atom.